The van der Waals surface area contributed by atoms with Crippen molar-refractivity contribution in [3.63, 3.8) is 0 Å². The Morgan fingerprint density at radius 1 is 0.692 bits per heavy atom. The second-order valence-corrected chi connectivity index (χ2v) is 9.45. The molecule has 2 aromatic rings. The summed E-state index contributed by atoms with van der Waals surface area (Å²) in [5.41, 5.74) is 0. The molecule has 0 saturated carbocycles. The molecule has 216 valence electrons. The molecule has 8 heteroatoms. The first-order valence-electron chi connectivity index (χ1n) is 14.3. The van der Waals surface area contributed by atoms with Gasteiger partial charge in [-0.15, -0.1) is 0 Å². The van der Waals surface area contributed by atoms with E-state index in [1.54, 1.807) is 0 Å². The van der Waals surface area contributed by atoms with Crippen molar-refractivity contribution in [3.05, 3.63) is 48.5 Å². The van der Waals surface area contributed by atoms with Gasteiger partial charge in [0.25, 0.3) is 0 Å². The SMILES string of the molecule is CCCCCCCCCCOC(=O)COC1COc2ccccc2OCCOCCOc2ccccc2OC1. The van der Waals surface area contributed by atoms with Crippen LogP contribution in [0.2, 0.25) is 0 Å². The lowest BCUT2D eigenvalue weighted by atomic mass is 10.1. The third kappa shape index (κ3) is 12.6. The minimum Gasteiger partial charge on any atom is -0.487 e. The lowest BCUT2D eigenvalue weighted by molar-refractivity contribution is -0.152. The second kappa shape index (κ2) is 19.1. The summed E-state index contributed by atoms with van der Waals surface area (Å²) in [5.74, 6) is 1.99. The van der Waals surface area contributed by atoms with E-state index in [1.807, 2.05) is 48.5 Å². The Hall–Kier alpha value is -2.97. The van der Waals surface area contributed by atoms with Gasteiger partial charge in [-0.25, -0.2) is 4.79 Å². The van der Waals surface area contributed by atoms with E-state index in [2.05, 4.69) is 6.92 Å². The van der Waals surface area contributed by atoms with Gasteiger partial charge in [0.05, 0.1) is 19.8 Å². The van der Waals surface area contributed by atoms with E-state index < -0.39 is 12.1 Å². The first kappa shape index (κ1) is 30.6. The van der Waals surface area contributed by atoms with Crippen LogP contribution in [0.1, 0.15) is 58.3 Å². The summed E-state index contributed by atoms with van der Waals surface area (Å²) < 4.78 is 40.6. The molecule has 0 unspecified atom stereocenters. The number of esters is 1. The maximum absolute atomic E-state index is 12.3. The Morgan fingerprint density at radius 3 is 1.72 bits per heavy atom. The maximum Gasteiger partial charge on any atom is 0.332 e. The molecule has 1 aliphatic heterocycles. The van der Waals surface area contributed by atoms with E-state index >= 15 is 0 Å². The van der Waals surface area contributed by atoms with E-state index in [0.29, 0.717) is 56.0 Å². The number of benzene rings is 2. The average molecular weight is 545 g/mol. The Morgan fingerprint density at radius 2 is 1.18 bits per heavy atom. The van der Waals surface area contributed by atoms with Crippen molar-refractivity contribution in [2.75, 3.05) is 52.9 Å². The summed E-state index contributed by atoms with van der Waals surface area (Å²) in [4.78, 5) is 12.3. The van der Waals surface area contributed by atoms with Crippen LogP contribution in [0.15, 0.2) is 48.5 Å². The highest BCUT2D eigenvalue weighted by atomic mass is 16.6. The molecule has 1 heterocycles. The minimum atomic E-state index is -0.530. The molecule has 0 aliphatic carbocycles. The molecule has 0 bridgehead atoms. The number of ether oxygens (including phenoxy) is 7. The molecule has 0 saturated heterocycles. The lowest BCUT2D eigenvalue weighted by Crippen LogP contribution is -2.31. The lowest BCUT2D eigenvalue weighted by Gasteiger charge is -2.21. The van der Waals surface area contributed by atoms with Gasteiger partial charge in [0.1, 0.15) is 39.1 Å². The van der Waals surface area contributed by atoms with Gasteiger partial charge >= 0.3 is 5.97 Å². The van der Waals surface area contributed by atoms with Gasteiger partial charge < -0.3 is 33.2 Å². The van der Waals surface area contributed by atoms with Crippen LogP contribution in [0.25, 0.3) is 0 Å². The van der Waals surface area contributed by atoms with E-state index in [4.69, 9.17) is 33.2 Å². The molecule has 0 amide bonds. The van der Waals surface area contributed by atoms with Crippen molar-refractivity contribution in [3.8, 4) is 23.0 Å². The smallest absolute Gasteiger partial charge is 0.332 e. The van der Waals surface area contributed by atoms with Crippen molar-refractivity contribution < 1.29 is 38.0 Å². The molecule has 0 N–H and O–H groups in total. The Kier molecular flexibility index (Phi) is 15.0. The predicted octanol–water partition coefficient (Wildman–Crippen LogP) is 6.00. The highest BCUT2D eigenvalue weighted by Gasteiger charge is 2.18. The molecule has 0 radical (unpaired) electrons. The quantitative estimate of drug-likeness (QED) is 0.238. The molecule has 0 fully saturated rings. The zero-order valence-electron chi connectivity index (χ0n) is 23.3. The average Bonchev–Trinajstić information content (AvgIpc) is 2.96. The van der Waals surface area contributed by atoms with Gasteiger partial charge in [-0.3, -0.25) is 0 Å². The van der Waals surface area contributed by atoms with E-state index in [1.165, 1.54) is 38.5 Å². The van der Waals surface area contributed by atoms with Crippen molar-refractivity contribution in [1.29, 1.82) is 0 Å². The predicted molar refractivity (Wildman–Crippen MR) is 149 cm³/mol. The normalized spacial score (nSPS) is 15.0. The summed E-state index contributed by atoms with van der Waals surface area (Å²) in [5, 5.41) is 0. The number of rotatable bonds is 12. The highest BCUT2D eigenvalue weighted by molar-refractivity contribution is 5.70. The van der Waals surface area contributed by atoms with Crippen LogP contribution < -0.4 is 18.9 Å². The van der Waals surface area contributed by atoms with Gasteiger partial charge in [-0.1, -0.05) is 76.1 Å². The number of carbonyl (C=O) groups is 1. The summed E-state index contributed by atoms with van der Waals surface area (Å²) in [6, 6.07) is 14.9. The zero-order chi connectivity index (χ0) is 27.4. The first-order valence-corrected chi connectivity index (χ1v) is 14.3. The molecule has 1 aliphatic rings. The fourth-order valence-corrected chi connectivity index (χ4v) is 4.06. The molecular weight excluding hydrogens is 500 g/mol. The second-order valence-electron chi connectivity index (χ2n) is 9.45. The van der Waals surface area contributed by atoms with Crippen molar-refractivity contribution in [1.82, 2.24) is 0 Å². The third-order valence-corrected chi connectivity index (χ3v) is 6.22. The minimum absolute atomic E-state index is 0.158. The van der Waals surface area contributed by atoms with E-state index in [0.717, 1.165) is 12.8 Å². The molecule has 8 nitrogen and oxygen atoms in total. The monoisotopic (exact) mass is 544 g/mol. The molecule has 0 aromatic heterocycles. The van der Waals surface area contributed by atoms with Crippen LogP contribution >= 0.6 is 0 Å². The number of hydrogen-bond donors (Lipinski definition) is 0. The standard InChI is InChI=1S/C31H44O8/c1-2-3-4-5-6-7-8-13-18-36-31(32)25-37-26-23-38-29-16-11-9-14-27(29)34-21-19-33-20-22-35-28-15-10-12-17-30(28)39-24-26/h9-12,14-17,26H,2-8,13,18-25H2,1H3. The van der Waals surface area contributed by atoms with Crippen LogP contribution in [0.5, 0.6) is 23.0 Å². The first-order chi connectivity index (χ1) is 19.3. The van der Waals surface area contributed by atoms with E-state index in [-0.39, 0.29) is 19.8 Å². The molecule has 0 atom stereocenters. The van der Waals surface area contributed by atoms with Gasteiger partial charge in [0.2, 0.25) is 0 Å². The van der Waals surface area contributed by atoms with Gasteiger partial charge in [0.15, 0.2) is 23.0 Å². The summed E-state index contributed by atoms with van der Waals surface area (Å²) >= 11 is 0. The van der Waals surface area contributed by atoms with Crippen LogP contribution in [-0.4, -0.2) is 64.9 Å². The Bertz CT molecular complexity index is 879. The number of hydrogen-bond acceptors (Lipinski definition) is 8. The number of unbranched alkanes of at least 4 members (excludes halogenated alkanes) is 7. The van der Waals surface area contributed by atoms with Crippen LogP contribution in [0.4, 0.5) is 0 Å². The Labute approximate surface area is 232 Å². The molecule has 0 spiro atoms. The number of fused-ring (bicyclic) bond motifs is 2. The molecule has 39 heavy (non-hydrogen) atoms. The van der Waals surface area contributed by atoms with Crippen molar-refractivity contribution in [2.45, 2.75) is 64.4 Å². The summed E-state index contributed by atoms with van der Waals surface area (Å²) in [6.07, 6.45) is 9.00. The maximum atomic E-state index is 12.3. The number of carbonyl (C=O) groups excluding carboxylic acids is 1. The van der Waals surface area contributed by atoms with Crippen LogP contribution in [0.3, 0.4) is 0 Å². The fraction of sp³-hybridized carbons (Fsp3) is 0.581. The molecule has 3 rings (SSSR count). The van der Waals surface area contributed by atoms with Crippen LogP contribution in [-0.2, 0) is 19.0 Å². The highest BCUT2D eigenvalue weighted by Crippen LogP contribution is 2.28. The molecular formula is C31H44O8. The van der Waals surface area contributed by atoms with Crippen molar-refractivity contribution in [2.24, 2.45) is 0 Å². The van der Waals surface area contributed by atoms with Crippen LogP contribution in [0, 0.1) is 0 Å². The largest absolute Gasteiger partial charge is 0.487 e. The van der Waals surface area contributed by atoms with Gasteiger partial charge in [0, 0.05) is 0 Å². The molecule has 2 aromatic carbocycles. The topological polar surface area (TPSA) is 81.7 Å². The van der Waals surface area contributed by atoms with Crippen molar-refractivity contribution >= 4 is 5.97 Å². The van der Waals surface area contributed by atoms with E-state index in [9.17, 15) is 4.79 Å². The fourth-order valence-electron chi connectivity index (χ4n) is 4.06. The number of para-hydroxylation sites is 4. The Balaban J connectivity index is 1.50. The summed E-state index contributed by atoms with van der Waals surface area (Å²) in [7, 11) is 0. The third-order valence-electron chi connectivity index (χ3n) is 6.22. The van der Waals surface area contributed by atoms with Gasteiger partial charge in [-0.05, 0) is 30.7 Å². The zero-order valence-corrected chi connectivity index (χ0v) is 23.3. The van der Waals surface area contributed by atoms with Gasteiger partial charge in [-0.2, -0.15) is 0 Å². The summed E-state index contributed by atoms with van der Waals surface area (Å²) in [6.45, 7) is 4.37.